The quantitative estimate of drug-likeness (QED) is 0.883. The zero-order valence-electron chi connectivity index (χ0n) is 11.0. The van der Waals surface area contributed by atoms with Crippen molar-refractivity contribution in [2.24, 2.45) is 0 Å². The van der Waals surface area contributed by atoms with E-state index in [1.807, 2.05) is 31.2 Å². The van der Waals surface area contributed by atoms with E-state index < -0.39 is 0 Å². The number of rotatable bonds is 4. The van der Waals surface area contributed by atoms with Gasteiger partial charge in [-0.25, -0.2) is 0 Å². The first-order valence-corrected chi connectivity index (χ1v) is 6.47. The predicted molar refractivity (Wildman–Crippen MR) is 72.0 cm³/mol. The Bertz CT molecular complexity index is 420. The first kappa shape index (κ1) is 12.7. The molecule has 1 N–H and O–H groups in total. The molecule has 0 spiro atoms. The molecular weight excluding hydrogens is 228 g/mol. The van der Waals surface area contributed by atoms with Crippen LogP contribution >= 0.6 is 0 Å². The van der Waals surface area contributed by atoms with Crippen LogP contribution in [-0.2, 0) is 4.79 Å². The number of hydrogen-bond acceptors (Lipinski definition) is 3. The Morgan fingerprint density at radius 1 is 1.50 bits per heavy atom. The van der Waals surface area contributed by atoms with Crippen LogP contribution in [0.2, 0.25) is 0 Å². The third kappa shape index (κ3) is 2.94. The van der Waals surface area contributed by atoms with E-state index in [0.717, 1.165) is 24.4 Å². The van der Waals surface area contributed by atoms with E-state index in [2.05, 4.69) is 17.1 Å². The largest absolute Gasteiger partial charge is 0.490 e. The van der Waals surface area contributed by atoms with E-state index in [1.54, 1.807) is 0 Å². The minimum atomic E-state index is 0.0704. The molecular formula is C14H20N2O2. The van der Waals surface area contributed by atoms with Crippen molar-refractivity contribution in [2.45, 2.75) is 26.3 Å². The maximum Gasteiger partial charge on any atom is 0.239 e. The standard InChI is InChI=1S/C14H20N2O2/c1-3-11(2)15-14(17)10-16-8-9-18-13-7-5-4-6-12(13)16/h4-7,11H,3,8-10H2,1-2H3,(H,15,17). The van der Waals surface area contributed by atoms with Crippen molar-refractivity contribution in [1.29, 1.82) is 0 Å². The summed E-state index contributed by atoms with van der Waals surface area (Å²) in [7, 11) is 0. The van der Waals surface area contributed by atoms with Crippen LogP contribution in [0.25, 0.3) is 0 Å². The molecule has 0 bridgehead atoms. The molecule has 0 aromatic heterocycles. The fourth-order valence-electron chi connectivity index (χ4n) is 1.99. The van der Waals surface area contributed by atoms with Gasteiger partial charge < -0.3 is 15.0 Å². The van der Waals surface area contributed by atoms with E-state index in [4.69, 9.17) is 4.74 Å². The Hall–Kier alpha value is -1.71. The number of nitrogens with zero attached hydrogens (tertiary/aromatic N) is 1. The lowest BCUT2D eigenvalue weighted by molar-refractivity contribution is -0.120. The fourth-order valence-corrected chi connectivity index (χ4v) is 1.99. The second kappa shape index (κ2) is 5.76. The van der Waals surface area contributed by atoms with E-state index in [0.29, 0.717) is 13.2 Å². The van der Waals surface area contributed by atoms with Gasteiger partial charge in [-0.1, -0.05) is 19.1 Å². The topological polar surface area (TPSA) is 41.6 Å². The van der Waals surface area contributed by atoms with E-state index in [1.165, 1.54) is 0 Å². The zero-order valence-corrected chi connectivity index (χ0v) is 11.0. The number of carbonyl (C=O) groups excluding carboxylic acids is 1. The van der Waals surface area contributed by atoms with Crippen LogP contribution in [0.1, 0.15) is 20.3 Å². The van der Waals surface area contributed by atoms with Crippen molar-refractivity contribution in [3.8, 4) is 5.75 Å². The Labute approximate surface area is 108 Å². The number of para-hydroxylation sites is 2. The van der Waals surface area contributed by atoms with Gasteiger partial charge in [0.1, 0.15) is 12.4 Å². The molecule has 4 heteroatoms. The molecule has 1 unspecified atom stereocenters. The van der Waals surface area contributed by atoms with Gasteiger partial charge in [0.25, 0.3) is 0 Å². The third-order valence-electron chi connectivity index (χ3n) is 3.18. The number of benzene rings is 1. The van der Waals surface area contributed by atoms with Gasteiger partial charge in [-0.2, -0.15) is 0 Å². The highest BCUT2D eigenvalue weighted by atomic mass is 16.5. The van der Waals surface area contributed by atoms with Crippen LogP contribution in [0.3, 0.4) is 0 Å². The molecule has 98 valence electrons. The normalized spacial score (nSPS) is 15.6. The zero-order chi connectivity index (χ0) is 13.0. The van der Waals surface area contributed by atoms with Crippen molar-refractivity contribution in [3.63, 3.8) is 0 Å². The monoisotopic (exact) mass is 248 g/mol. The summed E-state index contributed by atoms with van der Waals surface area (Å²) in [5.74, 6) is 0.932. The van der Waals surface area contributed by atoms with Gasteiger partial charge in [-0.3, -0.25) is 4.79 Å². The van der Waals surface area contributed by atoms with Gasteiger partial charge in [0, 0.05) is 6.04 Å². The summed E-state index contributed by atoms with van der Waals surface area (Å²) in [6.45, 7) is 5.86. The number of hydrogen-bond donors (Lipinski definition) is 1. The van der Waals surface area contributed by atoms with E-state index >= 15 is 0 Å². The molecule has 0 radical (unpaired) electrons. The molecule has 1 aliphatic rings. The molecule has 0 saturated heterocycles. The Balaban J connectivity index is 2.01. The van der Waals surface area contributed by atoms with Crippen LogP contribution in [0, 0.1) is 0 Å². The Morgan fingerprint density at radius 2 is 2.28 bits per heavy atom. The van der Waals surface area contributed by atoms with Crippen LogP contribution < -0.4 is 15.0 Å². The molecule has 0 fully saturated rings. The van der Waals surface area contributed by atoms with Crippen molar-refractivity contribution in [2.75, 3.05) is 24.6 Å². The minimum Gasteiger partial charge on any atom is -0.490 e. The molecule has 2 rings (SSSR count). The minimum absolute atomic E-state index is 0.0704. The number of nitrogens with one attached hydrogen (secondary N) is 1. The lowest BCUT2D eigenvalue weighted by Gasteiger charge is -2.30. The summed E-state index contributed by atoms with van der Waals surface area (Å²) in [4.78, 5) is 14.0. The highest BCUT2D eigenvalue weighted by Gasteiger charge is 2.19. The molecule has 1 aliphatic heterocycles. The summed E-state index contributed by atoms with van der Waals surface area (Å²) >= 11 is 0. The van der Waals surface area contributed by atoms with Crippen molar-refractivity contribution in [3.05, 3.63) is 24.3 Å². The number of amides is 1. The summed E-state index contributed by atoms with van der Waals surface area (Å²) in [6.07, 6.45) is 0.950. The summed E-state index contributed by atoms with van der Waals surface area (Å²) < 4.78 is 5.56. The first-order valence-electron chi connectivity index (χ1n) is 6.47. The first-order chi connectivity index (χ1) is 8.70. The van der Waals surface area contributed by atoms with Crippen LogP contribution in [0.5, 0.6) is 5.75 Å². The van der Waals surface area contributed by atoms with Gasteiger partial charge in [0.05, 0.1) is 18.8 Å². The molecule has 1 heterocycles. The Kier molecular flexibility index (Phi) is 4.07. The third-order valence-corrected chi connectivity index (χ3v) is 3.18. The smallest absolute Gasteiger partial charge is 0.239 e. The van der Waals surface area contributed by atoms with Crippen molar-refractivity contribution in [1.82, 2.24) is 5.32 Å². The van der Waals surface area contributed by atoms with Gasteiger partial charge >= 0.3 is 0 Å². The van der Waals surface area contributed by atoms with Gasteiger partial charge in [0.2, 0.25) is 5.91 Å². The molecule has 0 aliphatic carbocycles. The SMILES string of the molecule is CCC(C)NC(=O)CN1CCOc2ccccc21. The average molecular weight is 248 g/mol. The summed E-state index contributed by atoms with van der Waals surface area (Å²) in [5.41, 5.74) is 1.00. The van der Waals surface area contributed by atoms with Crippen LogP contribution in [0.4, 0.5) is 5.69 Å². The molecule has 1 amide bonds. The molecule has 1 aromatic rings. The fraction of sp³-hybridized carbons (Fsp3) is 0.500. The van der Waals surface area contributed by atoms with Crippen LogP contribution in [0.15, 0.2) is 24.3 Å². The second-order valence-corrected chi connectivity index (χ2v) is 4.61. The lowest BCUT2D eigenvalue weighted by Crippen LogP contribution is -2.43. The van der Waals surface area contributed by atoms with Crippen molar-refractivity contribution >= 4 is 11.6 Å². The number of carbonyl (C=O) groups is 1. The molecule has 0 saturated carbocycles. The Morgan fingerprint density at radius 3 is 3.06 bits per heavy atom. The molecule has 4 nitrogen and oxygen atoms in total. The molecule has 1 atom stereocenters. The van der Waals surface area contributed by atoms with Crippen molar-refractivity contribution < 1.29 is 9.53 Å². The summed E-state index contributed by atoms with van der Waals surface area (Å²) in [6, 6.07) is 8.07. The summed E-state index contributed by atoms with van der Waals surface area (Å²) in [5, 5.41) is 2.99. The molecule has 1 aromatic carbocycles. The molecule has 18 heavy (non-hydrogen) atoms. The van der Waals surface area contributed by atoms with Gasteiger partial charge in [0.15, 0.2) is 0 Å². The lowest BCUT2D eigenvalue weighted by atomic mass is 10.2. The number of ether oxygens (including phenoxy) is 1. The van der Waals surface area contributed by atoms with E-state index in [9.17, 15) is 4.79 Å². The number of fused-ring (bicyclic) bond motifs is 1. The highest BCUT2D eigenvalue weighted by molar-refractivity contribution is 5.82. The van der Waals surface area contributed by atoms with Gasteiger partial charge in [-0.15, -0.1) is 0 Å². The highest BCUT2D eigenvalue weighted by Crippen LogP contribution is 2.30. The van der Waals surface area contributed by atoms with Gasteiger partial charge in [-0.05, 0) is 25.5 Å². The van der Waals surface area contributed by atoms with Crippen LogP contribution in [-0.4, -0.2) is 31.6 Å². The maximum atomic E-state index is 11.9. The average Bonchev–Trinajstić information content (AvgIpc) is 2.39. The second-order valence-electron chi connectivity index (χ2n) is 4.61. The number of anilines is 1. The van der Waals surface area contributed by atoms with E-state index in [-0.39, 0.29) is 11.9 Å². The predicted octanol–water partition coefficient (Wildman–Crippen LogP) is 1.80. The maximum absolute atomic E-state index is 11.9.